The molecule has 1 fully saturated rings. The number of likely N-dealkylation sites (tertiary alicyclic amines) is 1. The van der Waals surface area contributed by atoms with Crippen LogP contribution in [-0.2, 0) is 4.79 Å². The summed E-state index contributed by atoms with van der Waals surface area (Å²) < 4.78 is 0.899. The molecule has 1 aromatic carbocycles. The van der Waals surface area contributed by atoms with Gasteiger partial charge in [-0.05, 0) is 59.4 Å². The first-order chi connectivity index (χ1) is 9.08. The lowest BCUT2D eigenvalue weighted by Crippen LogP contribution is -2.32. The SMILES string of the molecule is Cc1ccc(NC(=O)CN2CCC(CO)C2)c(Br)c1. The highest BCUT2D eigenvalue weighted by Crippen LogP contribution is 2.23. The molecule has 1 aliphatic rings. The van der Waals surface area contributed by atoms with Crippen molar-refractivity contribution in [2.75, 3.05) is 31.6 Å². The Hall–Kier alpha value is -0.910. The normalized spacial score (nSPS) is 19.6. The van der Waals surface area contributed by atoms with Crippen molar-refractivity contribution in [3.05, 3.63) is 28.2 Å². The number of carbonyl (C=O) groups is 1. The molecule has 2 rings (SSSR count). The Labute approximate surface area is 121 Å². The molecule has 5 heteroatoms. The number of anilines is 1. The molecule has 4 nitrogen and oxygen atoms in total. The van der Waals surface area contributed by atoms with Gasteiger partial charge in [0.1, 0.15) is 0 Å². The summed E-state index contributed by atoms with van der Waals surface area (Å²) in [7, 11) is 0. The first kappa shape index (κ1) is 14.5. The van der Waals surface area contributed by atoms with E-state index in [2.05, 4.69) is 26.1 Å². The molecule has 1 atom stereocenters. The van der Waals surface area contributed by atoms with E-state index in [1.54, 1.807) is 0 Å². The zero-order valence-corrected chi connectivity index (χ0v) is 12.6. The molecule has 0 radical (unpaired) electrons. The number of hydrogen-bond donors (Lipinski definition) is 2. The van der Waals surface area contributed by atoms with Gasteiger partial charge >= 0.3 is 0 Å². The molecule has 19 heavy (non-hydrogen) atoms. The molecule has 0 saturated carbocycles. The van der Waals surface area contributed by atoms with Gasteiger partial charge in [0.15, 0.2) is 0 Å². The highest BCUT2D eigenvalue weighted by molar-refractivity contribution is 9.10. The fourth-order valence-corrected chi connectivity index (χ4v) is 2.91. The van der Waals surface area contributed by atoms with Gasteiger partial charge in [0.2, 0.25) is 5.91 Å². The summed E-state index contributed by atoms with van der Waals surface area (Å²) >= 11 is 3.45. The predicted molar refractivity (Wildman–Crippen MR) is 79.1 cm³/mol. The number of amides is 1. The number of benzene rings is 1. The number of aryl methyl sites for hydroxylation is 1. The Morgan fingerprint density at radius 2 is 2.37 bits per heavy atom. The molecular formula is C14H19BrN2O2. The van der Waals surface area contributed by atoms with Crippen LogP contribution in [0.1, 0.15) is 12.0 Å². The average molecular weight is 327 g/mol. The number of aliphatic hydroxyl groups is 1. The lowest BCUT2D eigenvalue weighted by Gasteiger charge is -2.15. The first-order valence-corrected chi connectivity index (χ1v) is 7.27. The van der Waals surface area contributed by atoms with Gasteiger partial charge in [0.05, 0.1) is 12.2 Å². The minimum atomic E-state index is -0.0110. The van der Waals surface area contributed by atoms with Gasteiger partial charge in [0, 0.05) is 17.6 Å². The Kier molecular flexibility index (Phi) is 4.96. The van der Waals surface area contributed by atoms with E-state index in [4.69, 9.17) is 5.11 Å². The summed E-state index contributed by atoms with van der Waals surface area (Å²) in [4.78, 5) is 14.0. The lowest BCUT2D eigenvalue weighted by molar-refractivity contribution is -0.117. The van der Waals surface area contributed by atoms with Crippen molar-refractivity contribution in [3.8, 4) is 0 Å². The molecule has 2 N–H and O–H groups in total. The molecule has 1 aromatic rings. The number of halogens is 1. The van der Waals surface area contributed by atoms with Crippen LogP contribution in [0.15, 0.2) is 22.7 Å². The molecule has 1 amide bonds. The number of aliphatic hydroxyl groups excluding tert-OH is 1. The van der Waals surface area contributed by atoms with Crippen LogP contribution in [0, 0.1) is 12.8 Å². The van der Waals surface area contributed by atoms with Crippen LogP contribution in [0.4, 0.5) is 5.69 Å². The van der Waals surface area contributed by atoms with E-state index < -0.39 is 0 Å². The number of hydrogen-bond acceptors (Lipinski definition) is 3. The second-order valence-corrected chi connectivity index (χ2v) is 5.96. The van der Waals surface area contributed by atoms with E-state index in [1.807, 2.05) is 25.1 Å². The summed E-state index contributed by atoms with van der Waals surface area (Å²) in [6.07, 6.45) is 0.970. The summed E-state index contributed by atoms with van der Waals surface area (Å²) in [6, 6.07) is 5.85. The third-order valence-corrected chi connectivity index (χ3v) is 4.05. The maximum atomic E-state index is 12.0. The molecule has 1 saturated heterocycles. The zero-order chi connectivity index (χ0) is 13.8. The van der Waals surface area contributed by atoms with Crippen molar-refractivity contribution in [2.45, 2.75) is 13.3 Å². The Bertz CT molecular complexity index is 465. The second kappa shape index (κ2) is 6.50. The minimum Gasteiger partial charge on any atom is -0.396 e. The minimum absolute atomic E-state index is 0.0110. The van der Waals surface area contributed by atoms with Crippen molar-refractivity contribution >= 4 is 27.5 Å². The largest absolute Gasteiger partial charge is 0.396 e. The summed E-state index contributed by atoms with van der Waals surface area (Å²) in [5.74, 6) is 0.307. The topological polar surface area (TPSA) is 52.6 Å². The van der Waals surface area contributed by atoms with Gasteiger partial charge in [-0.1, -0.05) is 6.07 Å². The molecule has 0 bridgehead atoms. The van der Waals surface area contributed by atoms with Crippen molar-refractivity contribution in [3.63, 3.8) is 0 Å². The van der Waals surface area contributed by atoms with Crippen LogP contribution < -0.4 is 5.32 Å². The summed E-state index contributed by atoms with van der Waals surface area (Å²) in [6.45, 7) is 4.29. The first-order valence-electron chi connectivity index (χ1n) is 6.47. The fraction of sp³-hybridized carbons (Fsp3) is 0.500. The molecule has 104 valence electrons. The van der Waals surface area contributed by atoms with Crippen molar-refractivity contribution in [1.29, 1.82) is 0 Å². The van der Waals surface area contributed by atoms with Crippen LogP contribution in [-0.4, -0.2) is 42.2 Å². The maximum absolute atomic E-state index is 12.0. The summed E-state index contributed by atoms with van der Waals surface area (Å²) in [5, 5.41) is 12.0. The van der Waals surface area contributed by atoms with E-state index >= 15 is 0 Å². The van der Waals surface area contributed by atoms with Crippen LogP contribution in [0.5, 0.6) is 0 Å². The van der Waals surface area contributed by atoms with E-state index in [1.165, 1.54) is 0 Å². The molecule has 0 spiro atoms. The Morgan fingerprint density at radius 1 is 1.58 bits per heavy atom. The molecule has 1 heterocycles. The third-order valence-electron chi connectivity index (χ3n) is 3.39. The highest BCUT2D eigenvalue weighted by atomic mass is 79.9. The lowest BCUT2D eigenvalue weighted by atomic mass is 10.1. The van der Waals surface area contributed by atoms with Crippen LogP contribution in [0.25, 0.3) is 0 Å². The number of carbonyl (C=O) groups excluding carboxylic acids is 1. The third kappa shape index (κ3) is 4.03. The summed E-state index contributed by atoms with van der Waals surface area (Å²) in [5.41, 5.74) is 1.95. The quantitative estimate of drug-likeness (QED) is 0.889. The van der Waals surface area contributed by atoms with Crippen molar-refractivity contribution < 1.29 is 9.90 Å². The highest BCUT2D eigenvalue weighted by Gasteiger charge is 2.23. The van der Waals surface area contributed by atoms with Gasteiger partial charge in [-0.2, -0.15) is 0 Å². The second-order valence-electron chi connectivity index (χ2n) is 5.10. The Balaban J connectivity index is 1.87. The van der Waals surface area contributed by atoms with Crippen molar-refractivity contribution in [1.82, 2.24) is 4.90 Å². The van der Waals surface area contributed by atoms with Gasteiger partial charge in [-0.25, -0.2) is 0 Å². The van der Waals surface area contributed by atoms with Gasteiger partial charge in [0.25, 0.3) is 0 Å². The zero-order valence-electron chi connectivity index (χ0n) is 11.0. The van der Waals surface area contributed by atoms with E-state index in [-0.39, 0.29) is 12.5 Å². The average Bonchev–Trinajstić information content (AvgIpc) is 2.80. The van der Waals surface area contributed by atoms with E-state index in [9.17, 15) is 4.79 Å². The van der Waals surface area contributed by atoms with E-state index in [0.717, 1.165) is 35.2 Å². The molecule has 1 unspecified atom stereocenters. The molecule has 1 aliphatic heterocycles. The van der Waals surface area contributed by atoms with Gasteiger partial charge in [-0.3, -0.25) is 9.69 Å². The van der Waals surface area contributed by atoms with Gasteiger partial charge < -0.3 is 10.4 Å². The Morgan fingerprint density at radius 3 is 3.00 bits per heavy atom. The monoisotopic (exact) mass is 326 g/mol. The maximum Gasteiger partial charge on any atom is 0.238 e. The molecule has 0 aliphatic carbocycles. The van der Waals surface area contributed by atoms with Crippen LogP contribution in [0.3, 0.4) is 0 Å². The van der Waals surface area contributed by atoms with Crippen LogP contribution >= 0.6 is 15.9 Å². The number of nitrogens with zero attached hydrogens (tertiary/aromatic N) is 1. The fourth-order valence-electron chi connectivity index (χ4n) is 2.32. The smallest absolute Gasteiger partial charge is 0.238 e. The predicted octanol–water partition coefficient (Wildman–Crippen LogP) is 2.01. The van der Waals surface area contributed by atoms with Crippen LogP contribution in [0.2, 0.25) is 0 Å². The standard InChI is InChI=1S/C14H19BrN2O2/c1-10-2-3-13(12(15)6-10)16-14(19)8-17-5-4-11(7-17)9-18/h2-3,6,11,18H,4-5,7-9H2,1H3,(H,16,19). The molecular weight excluding hydrogens is 308 g/mol. The number of nitrogens with one attached hydrogen (secondary N) is 1. The van der Waals surface area contributed by atoms with E-state index in [0.29, 0.717) is 12.5 Å². The van der Waals surface area contributed by atoms with Crippen molar-refractivity contribution in [2.24, 2.45) is 5.92 Å². The number of rotatable bonds is 4. The van der Waals surface area contributed by atoms with Gasteiger partial charge in [-0.15, -0.1) is 0 Å². The molecule has 0 aromatic heterocycles.